The van der Waals surface area contributed by atoms with Crippen LogP contribution in [-0.2, 0) is 11.2 Å². The number of aliphatic hydroxyl groups is 1. The number of carbonyl (C=O) groups excluding carboxylic acids is 2. The van der Waals surface area contributed by atoms with Gasteiger partial charge in [-0.15, -0.1) is 0 Å². The minimum atomic E-state index is -1.07. The fourth-order valence-electron chi connectivity index (χ4n) is 4.59. The maximum Gasteiger partial charge on any atom is 0.526 e. The minimum absolute atomic E-state index is 0.0197. The molecule has 0 radical (unpaired) electrons. The van der Waals surface area contributed by atoms with Crippen LogP contribution in [0, 0.1) is 5.92 Å². The van der Waals surface area contributed by atoms with Crippen molar-refractivity contribution in [2.24, 2.45) is 11.7 Å². The molecule has 5 N–H and O–H groups in total. The number of fused-ring (bicyclic) bond motifs is 1. The third-order valence-corrected chi connectivity index (χ3v) is 6.36. The van der Waals surface area contributed by atoms with Gasteiger partial charge in [0.1, 0.15) is 11.5 Å². The average Bonchev–Trinajstić information content (AvgIpc) is 2.73. The summed E-state index contributed by atoms with van der Waals surface area (Å²) in [6.07, 6.45) is 5.35. The third-order valence-electron chi connectivity index (χ3n) is 6.36. The summed E-state index contributed by atoms with van der Waals surface area (Å²) < 4.78 is 5.64. The van der Waals surface area contributed by atoms with E-state index in [2.05, 4.69) is 5.32 Å². The lowest BCUT2D eigenvalue weighted by Crippen LogP contribution is -2.43. The number of para-hydroxylation sites is 1. The Hall–Kier alpha value is -1.74. The summed E-state index contributed by atoms with van der Waals surface area (Å²) >= 11 is 0. The van der Waals surface area contributed by atoms with Crippen LogP contribution < -0.4 is 15.7 Å². The molecule has 1 aliphatic heterocycles. The summed E-state index contributed by atoms with van der Waals surface area (Å²) in [6, 6.07) is 5.57. The van der Waals surface area contributed by atoms with E-state index < -0.39 is 7.12 Å². The highest BCUT2D eigenvalue weighted by Crippen LogP contribution is 2.37. The van der Waals surface area contributed by atoms with E-state index in [9.17, 15) is 14.6 Å². The number of Topliss-reactive ketones (excluding diaryl/α,β-unsaturated/α-hetero) is 2. The largest absolute Gasteiger partial charge is 0.535 e. The molecule has 0 bridgehead atoms. The second-order valence-corrected chi connectivity index (χ2v) is 8.84. The molecule has 0 amide bonds. The Morgan fingerprint density at radius 3 is 2.67 bits per heavy atom. The van der Waals surface area contributed by atoms with E-state index >= 15 is 0 Å². The van der Waals surface area contributed by atoms with Gasteiger partial charge in [-0.05, 0) is 56.6 Å². The van der Waals surface area contributed by atoms with Gasteiger partial charge in [0.05, 0.1) is 12.2 Å². The molecule has 0 unspecified atom stereocenters. The number of nitrogens with two attached hydrogens (primary N) is 1. The van der Waals surface area contributed by atoms with Gasteiger partial charge in [-0.25, -0.2) is 0 Å². The summed E-state index contributed by atoms with van der Waals surface area (Å²) in [7, 11) is -1.07. The van der Waals surface area contributed by atoms with E-state index in [1.807, 2.05) is 12.1 Å². The van der Waals surface area contributed by atoms with Gasteiger partial charge in [-0.1, -0.05) is 12.1 Å². The van der Waals surface area contributed by atoms with E-state index in [0.717, 1.165) is 31.2 Å². The van der Waals surface area contributed by atoms with Gasteiger partial charge in [0.2, 0.25) is 0 Å². The molecule has 0 saturated heterocycles. The van der Waals surface area contributed by atoms with Gasteiger partial charge >= 0.3 is 7.12 Å². The maximum absolute atomic E-state index is 12.7. The van der Waals surface area contributed by atoms with E-state index in [-0.39, 0.29) is 36.5 Å². The van der Waals surface area contributed by atoms with Crippen molar-refractivity contribution in [3.63, 3.8) is 0 Å². The number of hydrogen-bond donors (Lipinski definition) is 4. The van der Waals surface area contributed by atoms with Gasteiger partial charge in [0.15, 0.2) is 5.78 Å². The normalized spacial score (nSPS) is 24.7. The van der Waals surface area contributed by atoms with Gasteiger partial charge in [0, 0.05) is 37.3 Å². The van der Waals surface area contributed by atoms with E-state index in [1.54, 1.807) is 6.07 Å². The number of hydrogen-bond acceptors (Lipinski definition) is 7. The summed E-state index contributed by atoms with van der Waals surface area (Å²) in [5.74, 6) is 0.600. The molecule has 3 rings (SSSR count). The molecule has 2 aliphatic rings. The van der Waals surface area contributed by atoms with Crippen molar-refractivity contribution >= 4 is 18.7 Å². The van der Waals surface area contributed by atoms with Crippen LogP contribution in [0.25, 0.3) is 0 Å². The molecule has 1 aromatic rings. The number of carbonyl (C=O) groups is 2. The van der Waals surface area contributed by atoms with Crippen molar-refractivity contribution in [2.45, 2.75) is 69.8 Å². The monoisotopic (exact) mass is 416 g/mol. The first kappa shape index (κ1) is 22.9. The Morgan fingerprint density at radius 1 is 1.27 bits per heavy atom. The summed E-state index contributed by atoms with van der Waals surface area (Å²) in [6.45, 7) is 2.07. The van der Waals surface area contributed by atoms with Crippen molar-refractivity contribution in [3.05, 3.63) is 29.3 Å². The van der Waals surface area contributed by atoms with Crippen LogP contribution in [0.5, 0.6) is 5.75 Å². The minimum Gasteiger partial charge on any atom is -0.535 e. The van der Waals surface area contributed by atoms with Crippen LogP contribution in [0.4, 0.5) is 0 Å². The quantitative estimate of drug-likeness (QED) is 0.355. The van der Waals surface area contributed by atoms with Crippen LogP contribution in [0.3, 0.4) is 0 Å². The van der Waals surface area contributed by atoms with Crippen LogP contribution in [0.2, 0.25) is 5.82 Å². The lowest BCUT2D eigenvalue weighted by Gasteiger charge is -2.31. The van der Waals surface area contributed by atoms with Gasteiger partial charge in [-0.3, -0.25) is 9.59 Å². The zero-order valence-corrected chi connectivity index (χ0v) is 17.7. The first-order chi connectivity index (χ1) is 14.4. The molecular formula is C22H33BN2O5. The zero-order valence-electron chi connectivity index (χ0n) is 17.7. The van der Waals surface area contributed by atoms with Crippen LogP contribution in [-0.4, -0.2) is 54.1 Å². The van der Waals surface area contributed by atoms with Crippen molar-refractivity contribution in [1.29, 1.82) is 0 Å². The Kier molecular flexibility index (Phi) is 8.05. The first-order valence-electron chi connectivity index (χ1n) is 11.0. The molecular weight excluding hydrogens is 383 g/mol. The molecule has 1 aliphatic carbocycles. The molecule has 8 heteroatoms. The molecule has 1 fully saturated rings. The second kappa shape index (κ2) is 10.5. The maximum atomic E-state index is 12.7. The predicted molar refractivity (Wildman–Crippen MR) is 116 cm³/mol. The van der Waals surface area contributed by atoms with E-state index in [1.165, 1.54) is 6.92 Å². The topological polar surface area (TPSA) is 122 Å². The standard InChI is InChI=1S/C22H33BN2O5/c1-14(27)21-4-2-3-16-10-17(23(29)30-22(16)21)11-20(28)9-15-5-7-19(8-6-15)25-12-18(24)13-26/h2-4,15,17-19,25-26,29H,5-13,24H2,1H3/t15?,17-,18+,19?/m1/s1. The van der Waals surface area contributed by atoms with Crippen molar-refractivity contribution < 1.29 is 24.4 Å². The van der Waals surface area contributed by atoms with E-state index in [4.69, 9.17) is 15.5 Å². The molecule has 2 atom stereocenters. The molecule has 1 aromatic carbocycles. The number of ketones is 2. The first-order valence-corrected chi connectivity index (χ1v) is 11.0. The number of aliphatic hydroxyl groups excluding tert-OH is 1. The van der Waals surface area contributed by atoms with E-state index in [0.29, 0.717) is 42.7 Å². The summed E-state index contributed by atoms with van der Waals surface area (Å²) in [5.41, 5.74) is 7.08. The van der Waals surface area contributed by atoms with Crippen molar-refractivity contribution in [1.82, 2.24) is 5.32 Å². The van der Waals surface area contributed by atoms with Crippen LogP contribution >= 0.6 is 0 Å². The molecule has 164 valence electrons. The molecule has 1 heterocycles. The Balaban J connectivity index is 1.47. The Bertz CT molecular complexity index is 751. The molecule has 1 saturated carbocycles. The lowest BCUT2D eigenvalue weighted by molar-refractivity contribution is -0.120. The summed E-state index contributed by atoms with van der Waals surface area (Å²) in [5, 5.41) is 22.8. The number of rotatable bonds is 9. The van der Waals surface area contributed by atoms with Crippen molar-refractivity contribution in [2.75, 3.05) is 13.2 Å². The Labute approximate surface area is 178 Å². The molecule has 0 aromatic heterocycles. The SMILES string of the molecule is CC(=O)c1cccc2c1OB(O)[C@@H](CC(=O)CC1CCC(NC[C@H](N)CO)CC1)C2. The highest BCUT2D eigenvalue weighted by Gasteiger charge is 2.37. The fraction of sp³-hybridized carbons (Fsp3) is 0.636. The zero-order chi connectivity index (χ0) is 21.7. The number of nitrogens with one attached hydrogen (secondary N) is 1. The predicted octanol–water partition coefficient (Wildman–Crippen LogP) is 1.49. The highest BCUT2D eigenvalue weighted by atomic mass is 16.5. The summed E-state index contributed by atoms with van der Waals surface area (Å²) in [4.78, 5) is 24.4. The van der Waals surface area contributed by atoms with Crippen LogP contribution in [0.1, 0.15) is 61.4 Å². The third kappa shape index (κ3) is 5.91. The van der Waals surface area contributed by atoms with Gasteiger partial charge < -0.3 is 25.8 Å². The Morgan fingerprint density at radius 2 is 2.00 bits per heavy atom. The highest BCUT2D eigenvalue weighted by molar-refractivity contribution is 6.47. The van der Waals surface area contributed by atoms with Gasteiger partial charge in [0.25, 0.3) is 0 Å². The molecule has 0 spiro atoms. The van der Waals surface area contributed by atoms with Crippen molar-refractivity contribution in [3.8, 4) is 5.75 Å². The average molecular weight is 416 g/mol. The fourth-order valence-corrected chi connectivity index (χ4v) is 4.59. The smallest absolute Gasteiger partial charge is 0.526 e. The lowest BCUT2D eigenvalue weighted by atomic mass is 9.64. The van der Waals surface area contributed by atoms with Crippen LogP contribution in [0.15, 0.2) is 18.2 Å². The second-order valence-electron chi connectivity index (χ2n) is 8.84. The number of benzene rings is 1. The van der Waals surface area contributed by atoms with Gasteiger partial charge in [-0.2, -0.15) is 0 Å². The molecule has 7 nitrogen and oxygen atoms in total. The molecule has 30 heavy (non-hydrogen) atoms.